The first-order chi connectivity index (χ1) is 32.0. The lowest BCUT2D eigenvalue weighted by Crippen LogP contribution is -2.30. The highest BCUT2D eigenvalue weighted by Crippen LogP contribution is 2.18. The molecule has 0 spiro atoms. The Morgan fingerprint density at radius 2 is 0.415 bits per heavy atom. The zero-order chi connectivity index (χ0) is 47.2. The van der Waals surface area contributed by atoms with Gasteiger partial charge in [0, 0.05) is 19.3 Å². The number of unbranched alkanes of at least 4 members (excludes halogenated alkanes) is 44. The number of carbonyl (C=O) groups is 3. The van der Waals surface area contributed by atoms with Crippen molar-refractivity contribution in [1.82, 2.24) is 0 Å². The van der Waals surface area contributed by atoms with E-state index in [2.05, 4.69) is 20.8 Å². The molecule has 0 aliphatic rings. The number of hydrogen-bond donors (Lipinski definition) is 0. The van der Waals surface area contributed by atoms with Crippen molar-refractivity contribution in [3.05, 3.63) is 0 Å². The predicted molar refractivity (Wildman–Crippen MR) is 280 cm³/mol. The van der Waals surface area contributed by atoms with E-state index >= 15 is 0 Å². The highest BCUT2D eigenvalue weighted by Gasteiger charge is 2.19. The molecule has 0 heterocycles. The van der Waals surface area contributed by atoms with Gasteiger partial charge in [-0.2, -0.15) is 0 Å². The van der Waals surface area contributed by atoms with Gasteiger partial charge in [0.2, 0.25) is 0 Å². The third-order valence-corrected chi connectivity index (χ3v) is 13.6. The monoisotopic (exact) mass is 919 g/mol. The third-order valence-electron chi connectivity index (χ3n) is 13.6. The molecule has 386 valence electrons. The molecule has 0 aromatic heterocycles. The summed E-state index contributed by atoms with van der Waals surface area (Å²) in [6, 6.07) is 0. The van der Waals surface area contributed by atoms with Crippen molar-refractivity contribution >= 4 is 17.9 Å². The van der Waals surface area contributed by atoms with Crippen LogP contribution < -0.4 is 0 Å². The van der Waals surface area contributed by atoms with Crippen LogP contribution in [-0.4, -0.2) is 37.2 Å². The number of ether oxygens (including phenoxy) is 3. The average molecular weight is 920 g/mol. The SMILES string of the molecule is CCCCCCCCCCCCCCCCCCCCC(=O)OC[C@@H](COC(=O)CCCCCCCCCCCCCCCCCC)OC(=O)CCCCCCCCCCCCCCC. The largest absolute Gasteiger partial charge is 0.462 e. The molecule has 0 saturated heterocycles. The molecule has 0 aromatic rings. The minimum atomic E-state index is -0.761. The minimum absolute atomic E-state index is 0.0610. The van der Waals surface area contributed by atoms with E-state index < -0.39 is 6.10 Å². The van der Waals surface area contributed by atoms with Crippen LogP contribution in [-0.2, 0) is 28.6 Å². The summed E-state index contributed by atoms with van der Waals surface area (Å²) in [5.74, 6) is -0.831. The van der Waals surface area contributed by atoms with Crippen LogP contribution in [0.3, 0.4) is 0 Å². The topological polar surface area (TPSA) is 78.9 Å². The molecule has 0 N–H and O–H groups in total. The van der Waals surface area contributed by atoms with Gasteiger partial charge in [-0.05, 0) is 19.3 Å². The van der Waals surface area contributed by atoms with Crippen molar-refractivity contribution in [3.63, 3.8) is 0 Å². The van der Waals surface area contributed by atoms with E-state index in [1.54, 1.807) is 0 Å². The Labute approximate surface area is 406 Å². The molecule has 0 radical (unpaired) electrons. The summed E-state index contributed by atoms with van der Waals surface area (Å²) >= 11 is 0. The highest BCUT2D eigenvalue weighted by atomic mass is 16.6. The fourth-order valence-electron chi connectivity index (χ4n) is 9.15. The lowest BCUT2D eigenvalue weighted by atomic mass is 10.0. The maximum atomic E-state index is 12.8. The van der Waals surface area contributed by atoms with Gasteiger partial charge >= 0.3 is 17.9 Å². The van der Waals surface area contributed by atoms with Gasteiger partial charge < -0.3 is 14.2 Å². The second kappa shape index (κ2) is 55.0. The molecule has 0 fully saturated rings. The first-order valence-corrected chi connectivity index (χ1v) is 29.5. The summed E-state index contributed by atoms with van der Waals surface area (Å²) in [6.45, 7) is 6.71. The Hall–Kier alpha value is -1.59. The van der Waals surface area contributed by atoms with Crippen LogP contribution in [0.15, 0.2) is 0 Å². The number of carbonyl (C=O) groups excluding carboxylic acids is 3. The standard InChI is InChI=1S/C59H114O6/c1-4-7-10-13-16-19-22-25-27-29-30-32-35-37-40-43-46-49-52-58(61)64-55-56(65-59(62)53-50-47-44-41-38-33-24-21-18-15-12-9-6-3)54-63-57(60)51-48-45-42-39-36-34-31-28-26-23-20-17-14-11-8-5-2/h56H,4-55H2,1-3H3/t56-/m1/s1. The van der Waals surface area contributed by atoms with Gasteiger partial charge in [-0.25, -0.2) is 0 Å². The highest BCUT2D eigenvalue weighted by molar-refractivity contribution is 5.71. The van der Waals surface area contributed by atoms with E-state index in [-0.39, 0.29) is 31.1 Å². The molecular formula is C59H114O6. The lowest BCUT2D eigenvalue weighted by molar-refractivity contribution is -0.167. The maximum absolute atomic E-state index is 12.8. The Bertz CT molecular complexity index is 967. The summed E-state index contributed by atoms with van der Waals surface area (Å²) in [5.41, 5.74) is 0. The number of rotatable bonds is 55. The molecule has 0 unspecified atom stereocenters. The average Bonchev–Trinajstić information content (AvgIpc) is 3.30. The van der Waals surface area contributed by atoms with E-state index in [9.17, 15) is 14.4 Å². The third kappa shape index (κ3) is 53.2. The van der Waals surface area contributed by atoms with E-state index in [0.717, 1.165) is 57.8 Å². The van der Waals surface area contributed by atoms with Crippen molar-refractivity contribution < 1.29 is 28.6 Å². The minimum Gasteiger partial charge on any atom is -0.462 e. The smallest absolute Gasteiger partial charge is 0.306 e. The van der Waals surface area contributed by atoms with Crippen molar-refractivity contribution in [2.45, 2.75) is 348 Å². The summed E-state index contributed by atoms with van der Waals surface area (Å²) in [6.07, 6.45) is 60.9. The fraction of sp³-hybridized carbons (Fsp3) is 0.949. The van der Waals surface area contributed by atoms with Crippen molar-refractivity contribution in [1.29, 1.82) is 0 Å². The zero-order valence-electron chi connectivity index (χ0n) is 44.3. The summed E-state index contributed by atoms with van der Waals surface area (Å²) < 4.78 is 16.9. The van der Waals surface area contributed by atoms with Crippen LogP contribution in [0.4, 0.5) is 0 Å². The van der Waals surface area contributed by atoms with Crippen molar-refractivity contribution in [2.24, 2.45) is 0 Å². The molecule has 6 nitrogen and oxygen atoms in total. The summed E-state index contributed by atoms with van der Waals surface area (Å²) in [7, 11) is 0. The molecule has 65 heavy (non-hydrogen) atoms. The van der Waals surface area contributed by atoms with Gasteiger partial charge in [0.05, 0.1) is 0 Å². The Morgan fingerprint density at radius 3 is 0.615 bits per heavy atom. The molecule has 0 saturated carbocycles. The Kier molecular flexibility index (Phi) is 53.7. The van der Waals surface area contributed by atoms with Crippen LogP contribution >= 0.6 is 0 Å². The van der Waals surface area contributed by atoms with Crippen molar-refractivity contribution in [2.75, 3.05) is 13.2 Å². The first kappa shape index (κ1) is 63.4. The number of hydrogen-bond acceptors (Lipinski definition) is 6. The van der Waals surface area contributed by atoms with Gasteiger partial charge in [0.15, 0.2) is 6.10 Å². The molecule has 0 aliphatic heterocycles. The summed E-state index contributed by atoms with van der Waals surface area (Å²) in [5, 5.41) is 0. The predicted octanol–water partition coefficient (Wildman–Crippen LogP) is 19.5. The van der Waals surface area contributed by atoms with Crippen LogP contribution in [0.1, 0.15) is 342 Å². The quantitative estimate of drug-likeness (QED) is 0.0344. The van der Waals surface area contributed by atoms with Crippen LogP contribution in [0.25, 0.3) is 0 Å². The lowest BCUT2D eigenvalue weighted by Gasteiger charge is -2.18. The van der Waals surface area contributed by atoms with Gasteiger partial charge in [-0.15, -0.1) is 0 Å². The normalized spacial score (nSPS) is 11.9. The second-order valence-electron chi connectivity index (χ2n) is 20.3. The Morgan fingerprint density at radius 1 is 0.246 bits per heavy atom. The van der Waals surface area contributed by atoms with Crippen LogP contribution in [0.2, 0.25) is 0 Å². The second-order valence-corrected chi connectivity index (χ2v) is 20.3. The van der Waals surface area contributed by atoms with Gasteiger partial charge in [-0.1, -0.05) is 303 Å². The van der Waals surface area contributed by atoms with Crippen LogP contribution in [0.5, 0.6) is 0 Å². The van der Waals surface area contributed by atoms with Gasteiger partial charge in [-0.3, -0.25) is 14.4 Å². The maximum Gasteiger partial charge on any atom is 0.306 e. The van der Waals surface area contributed by atoms with E-state index in [1.807, 2.05) is 0 Å². The molecule has 1 atom stereocenters. The molecule has 0 aromatic carbocycles. The number of esters is 3. The molecular weight excluding hydrogens is 805 g/mol. The molecule has 0 bridgehead atoms. The molecule has 0 aliphatic carbocycles. The first-order valence-electron chi connectivity index (χ1n) is 29.5. The van der Waals surface area contributed by atoms with Gasteiger partial charge in [0.1, 0.15) is 13.2 Å². The molecule has 0 amide bonds. The van der Waals surface area contributed by atoms with Gasteiger partial charge in [0.25, 0.3) is 0 Å². The Balaban J connectivity index is 4.26. The zero-order valence-corrected chi connectivity index (χ0v) is 44.3. The van der Waals surface area contributed by atoms with E-state index in [4.69, 9.17) is 14.2 Å². The van der Waals surface area contributed by atoms with E-state index in [1.165, 1.54) is 244 Å². The van der Waals surface area contributed by atoms with Crippen LogP contribution in [0, 0.1) is 0 Å². The molecule has 6 heteroatoms. The molecule has 0 rings (SSSR count). The van der Waals surface area contributed by atoms with Crippen molar-refractivity contribution in [3.8, 4) is 0 Å². The summed E-state index contributed by atoms with van der Waals surface area (Å²) in [4.78, 5) is 38.1. The fourth-order valence-corrected chi connectivity index (χ4v) is 9.15. The van der Waals surface area contributed by atoms with E-state index in [0.29, 0.717) is 19.3 Å².